The number of carbonyl (C=O) groups excluding carboxylic acids is 3. The van der Waals surface area contributed by atoms with Crippen molar-refractivity contribution in [3.63, 3.8) is 0 Å². The van der Waals surface area contributed by atoms with Crippen molar-refractivity contribution in [2.75, 3.05) is 6.61 Å². The quantitative estimate of drug-likeness (QED) is 0.384. The van der Waals surface area contributed by atoms with E-state index in [2.05, 4.69) is 0 Å². The van der Waals surface area contributed by atoms with E-state index in [1.165, 1.54) is 0 Å². The average Bonchev–Trinajstić information content (AvgIpc) is 2.60. The largest absolute Gasteiger partial charge is 0.396 e. The van der Waals surface area contributed by atoms with Crippen LogP contribution >= 0.6 is 0 Å². The molecule has 0 fully saturated rings. The van der Waals surface area contributed by atoms with Crippen molar-refractivity contribution < 1.29 is 24.6 Å². The summed E-state index contributed by atoms with van der Waals surface area (Å²) >= 11 is 0. The number of rotatable bonds is 16. The molecule has 0 saturated carbocycles. The maximum atomic E-state index is 13.0. The molecule has 0 spiro atoms. The van der Waals surface area contributed by atoms with Gasteiger partial charge in [-0.1, -0.05) is 54.4 Å². The normalized spacial score (nSPS) is 16.1. The topological polar surface area (TPSA) is 91.7 Å². The van der Waals surface area contributed by atoms with Gasteiger partial charge in [0.25, 0.3) is 0 Å². The molecule has 2 N–H and O–H groups in total. The van der Waals surface area contributed by atoms with E-state index in [1.54, 1.807) is 0 Å². The number of hydrogen-bond donors (Lipinski definition) is 2. The number of aliphatic hydroxyl groups is 2. The lowest BCUT2D eigenvalue weighted by molar-refractivity contribution is -0.143. The molecule has 0 rings (SSSR count). The van der Waals surface area contributed by atoms with E-state index in [4.69, 9.17) is 0 Å². The van der Waals surface area contributed by atoms with Crippen molar-refractivity contribution >= 4 is 17.3 Å². The summed E-state index contributed by atoms with van der Waals surface area (Å²) < 4.78 is 0. The molecular weight excluding hydrogens is 356 g/mol. The second-order valence-corrected chi connectivity index (χ2v) is 9.17. The first-order chi connectivity index (χ1) is 13.0. The van der Waals surface area contributed by atoms with E-state index in [0.29, 0.717) is 24.7 Å². The fourth-order valence-corrected chi connectivity index (χ4v) is 3.17. The summed E-state index contributed by atoms with van der Waals surface area (Å²) in [7, 11) is 0. The van der Waals surface area contributed by atoms with Crippen molar-refractivity contribution in [1.29, 1.82) is 0 Å². The second kappa shape index (κ2) is 14.0. The molecule has 28 heavy (non-hydrogen) atoms. The Morgan fingerprint density at radius 2 is 1.29 bits per heavy atom. The van der Waals surface area contributed by atoms with Gasteiger partial charge >= 0.3 is 0 Å². The molecule has 0 aromatic heterocycles. The van der Waals surface area contributed by atoms with E-state index in [0.717, 1.165) is 19.3 Å². The second-order valence-electron chi connectivity index (χ2n) is 9.17. The van der Waals surface area contributed by atoms with Gasteiger partial charge in [-0.25, -0.2) is 0 Å². The number of Topliss-reactive ketones (excluding diaryl/α,β-unsaturated/α-hetero) is 3. The molecule has 0 aromatic carbocycles. The van der Waals surface area contributed by atoms with Crippen LogP contribution in [0.1, 0.15) is 86.5 Å². The first-order valence-electron chi connectivity index (χ1n) is 10.9. The van der Waals surface area contributed by atoms with Crippen LogP contribution in [0.15, 0.2) is 0 Å². The van der Waals surface area contributed by atoms with Crippen LogP contribution in [0.5, 0.6) is 0 Å². The zero-order valence-electron chi connectivity index (χ0n) is 18.7. The molecule has 0 aliphatic carbocycles. The Kier molecular flexibility index (Phi) is 13.5. The Balaban J connectivity index is 5.34. The zero-order valence-corrected chi connectivity index (χ0v) is 18.7. The van der Waals surface area contributed by atoms with Crippen LogP contribution in [0.2, 0.25) is 0 Å². The first-order valence-corrected chi connectivity index (χ1v) is 10.9. The Morgan fingerprint density at radius 1 is 0.786 bits per heavy atom. The molecule has 4 atom stereocenters. The first kappa shape index (κ1) is 26.9. The van der Waals surface area contributed by atoms with Crippen LogP contribution in [0.3, 0.4) is 0 Å². The van der Waals surface area contributed by atoms with Crippen LogP contribution in [0.4, 0.5) is 0 Å². The molecule has 0 aliphatic heterocycles. The molecule has 0 aromatic rings. The minimum Gasteiger partial charge on any atom is -0.396 e. The van der Waals surface area contributed by atoms with Crippen LogP contribution < -0.4 is 0 Å². The molecule has 0 radical (unpaired) electrons. The van der Waals surface area contributed by atoms with E-state index in [1.807, 2.05) is 41.5 Å². The molecule has 0 saturated heterocycles. The van der Waals surface area contributed by atoms with Crippen molar-refractivity contribution in [2.45, 2.75) is 92.6 Å². The summed E-state index contributed by atoms with van der Waals surface area (Å²) in [5, 5.41) is 19.9. The monoisotopic (exact) mass is 398 g/mol. The Bertz CT molecular complexity index is 483. The van der Waals surface area contributed by atoms with Gasteiger partial charge in [0.15, 0.2) is 17.3 Å². The van der Waals surface area contributed by atoms with Crippen LogP contribution in [-0.4, -0.2) is 40.3 Å². The van der Waals surface area contributed by atoms with Gasteiger partial charge in [0.1, 0.15) is 5.92 Å². The van der Waals surface area contributed by atoms with Gasteiger partial charge in [0.05, 0.1) is 12.7 Å². The lowest BCUT2D eigenvalue weighted by Crippen LogP contribution is -2.39. The summed E-state index contributed by atoms with van der Waals surface area (Å²) in [4.78, 5) is 38.6. The SMILES string of the molecule is CCC(C)CC(=O)C(C(=O)CC(O)CCC(C)C)C(=O)C(CO)CCC(C)C. The maximum Gasteiger partial charge on any atom is 0.156 e. The summed E-state index contributed by atoms with van der Waals surface area (Å²) in [6.07, 6.45) is 2.39. The summed E-state index contributed by atoms with van der Waals surface area (Å²) in [5.41, 5.74) is 0. The zero-order chi connectivity index (χ0) is 21.9. The van der Waals surface area contributed by atoms with Crippen molar-refractivity contribution in [1.82, 2.24) is 0 Å². The van der Waals surface area contributed by atoms with Crippen LogP contribution in [0, 0.1) is 29.6 Å². The van der Waals surface area contributed by atoms with Gasteiger partial charge < -0.3 is 10.2 Å². The molecule has 0 amide bonds. The number of carbonyl (C=O) groups is 3. The maximum absolute atomic E-state index is 13.0. The fourth-order valence-electron chi connectivity index (χ4n) is 3.17. The summed E-state index contributed by atoms with van der Waals surface area (Å²) in [6, 6.07) is 0. The minimum atomic E-state index is -1.35. The van der Waals surface area contributed by atoms with E-state index >= 15 is 0 Å². The van der Waals surface area contributed by atoms with Crippen molar-refractivity contribution in [3.05, 3.63) is 0 Å². The standard InChI is InChI=1S/C23H42O5/c1-7-17(6)12-20(26)22(21(27)13-19(25)11-9-16(4)5)23(28)18(14-24)10-8-15(2)3/h15-19,22,24-25H,7-14H2,1-6H3. The Morgan fingerprint density at radius 3 is 1.75 bits per heavy atom. The molecule has 0 aliphatic rings. The van der Waals surface area contributed by atoms with E-state index < -0.39 is 29.5 Å². The molecule has 5 heteroatoms. The third-order valence-electron chi connectivity index (χ3n) is 5.40. The summed E-state index contributed by atoms with van der Waals surface area (Å²) in [5.74, 6) is -2.55. The average molecular weight is 399 g/mol. The smallest absolute Gasteiger partial charge is 0.156 e. The predicted molar refractivity (Wildman–Crippen MR) is 112 cm³/mol. The van der Waals surface area contributed by atoms with Gasteiger partial charge in [0.2, 0.25) is 0 Å². The molecule has 5 nitrogen and oxygen atoms in total. The van der Waals surface area contributed by atoms with Crippen molar-refractivity contribution in [3.8, 4) is 0 Å². The van der Waals surface area contributed by atoms with Gasteiger partial charge in [0, 0.05) is 18.8 Å². The van der Waals surface area contributed by atoms with Crippen LogP contribution in [0.25, 0.3) is 0 Å². The van der Waals surface area contributed by atoms with Gasteiger partial charge in [-0.05, 0) is 37.0 Å². The molecule has 0 bridgehead atoms. The highest BCUT2D eigenvalue weighted by Gasteiger charge is 2.37. The van der Waals surface area contributed by atoms with E-state index in [-0.39, 0.29) is 31.1 Å². The van der Waals surface area contributed by atoms with Crippen molar-refractivity contribution in [2.24, 2.45) is 29.6 Å². The van der Waals surface area contributed by atoms with Crippen LogP contribution in [-0.2, 0) is 14.4 Å². The lowest BCUT2D eigenvalue weighted by Gasteiger charge is -2.22. The van der Waals surface area contributed by atoms with Gasteiger partial charge in [-0.2, -0.15) is 0 Å². The fraction of sp³-hybridized carbons (Fsp3) is 0.870. The van der Waals surface area contributed by atoms with Gasteiger partial charge in [-0.15, -0.1) is 0 Å². The number of ketones is 3. The van der Waals surface area contributed by atoms with E-state index in [9.17, 15) is 24.6 Å². The highest BCUT2D eigenvalue weighted by molar-refractivity contribution is 6.20. The highest BCUT2D eigenvalue weighted by atomic mass is 16.3. The molecule has 164 valence electrons. The third-order valence-corrected chi connectivity index (χ3v) is 5.40. The highest BCUT2D eigenvalue weighted by Crippen LogP contribution is 2.23. The lowest BCUT2D eigenvalue weighted by atomic mass is 9.80. The Hall–Kier alpha value is -1.07. The third kappa shape index (κ3) is 10.5. The number of aliphatic hydroxyl groups excluding tert-OH is 2. The minimum absolute atomic E-state index is 0.0877. The summed E-state index contributed by atoms with van der Waals surface area (Å²) in [6.45, 7) is 11.7. The Labute approximate surface area is 171 Å². The molecule has 0 heterocycles. The molecular formula is C23H42O5. The van der Waals surface area contributed by atoms with Gasteiger partial charge in [-0.3, -0.25) is 14.4 Å². The molecule has 4 unspecified atom stereocenters. The number of hydrogen-bond acceptors (Lipinski definition) is 5. The predicted octanol–water partition coefficient (Wildman–Crippen LogP) is 3.98.